The van der Waals surface area contributed by atoms with Crippen LogP contribution in [0, 0.1) is 6.92 Å². The van der Waals surface area contributed by atoms with Gasteiger partial charge in [0.1, 0.15) is 0 Å². The van der Waals surface area contributed by atoms with Crippen molar-refractivity contribution in [3.63, 3.8) is 0 Å². The van der Waals surface area contributed by atoms with Crippen LogP contribution >= 0.6 is 11.8 Å². The Balaban J connectivity index is 1.78. The first-order valence-electron chi connectivity index (χ1n) is 8.76. The SMILES string of the molecule is CCCOc1ccc(C=C2SC(=Nc3ccc(C)cc3)NC2=O)cc1OC. The number of amidine groups is 1. The molecule has 2 aromatic carbocycles. The molecule has 0 aliphatic carbocycles. The predicted octanol–water partition coefficient (Wildman–Crippen LogP) is 4.68. The Kier molecular flexibility index (Phi) is 6.19. The molecule has 0 saturated carbocycles. The van der Waals surface area contributed by atoms with E-state index in [0.29, 0.717) is 28.2 Å². The zero-order chi connectivity index (χ0) is 19.2. The number of hydrogen-bond acceptors (Lipinski definition) is 5. The van der Waals surface area contributed by atoms with Crippen LogP contribution in [0.15, 0.2) is 52.4 Å². The summed E-state index contributed by atoms with van der Waals surface area (Å²) in [5, 5.41) is 3.38. The summed E-state index contributed by atoms with van der Waals surface area (Å²) >= 11 is 1.32. The normalized spacial score (nSPS) is 16.6. The number of amides is 1. The standard InChI is InChI=1S/C21H22N2O3S/c1-4-11-26-17-10-7-15(12-18(17)25-3)13-19-20(24)23-21(27-19)22-16-8-5-14(2)6-9-16/h5-10,12-13H,4,11H2,1-3H3,(H,22,23,24). The molecule has 0 bridgehead atoms. The van der Waals surface area contributed by atoms with Crippen molar-refractivity contribution in [1.82, 2.24) is 5.32 Å². The molecule has 0 unspecified atom stereocenters. The van der Waals surface area contributed by atoms with E-state index in [1.54, 1.807) is 7.11 Å². The van der Waals surface area contributed by atoms with Gasteiger partial charge in [0, 0.05) is 0 Å². The lowest BCUT2D eigenvalue weighted by Crippen LogP contribution is -2.19. The number of ether oxygens (including phenoxy) is 2. The topological polar surface area (TPSA) is 59.9 Å². The number of carbonyl (C=O) groups is 1. The highest BCUT2D eigenvalue weighted by atomic mass is 32.2. The number of aliphatic imine (C=N–C) groups is 1. The van der Waals surface area contributed by atoms with Gasteiger partial charge in [0.15, 0.2) is 16.7 Å². The summed E-state index contributed by atoms with van der Waals surface area (Å²) in [7, 11) is 1.61. The van der Waals surface area contributed by atoms with Gasteiger partial charge in [-0.1, -0.05) is 30.7 Å². The van der Waals surface area contributed by atoms with Gasteiger partial charge in [-0.2, -0.15) is 0 Å². The third-order valence-electron chi connectivity index (χ3n) is 3.86. The van der Waals surface area contributed by atoms with Crippen molar-refractivity contribution < 1.29 is 14.3 Å². The second kappa shape index (κ2) is 8.77. The van der Waals surface area contributed by atoms with Gasteiger partial charge < -0.3 is 14.8 Å². The monoisotopic (exact) mass is 382 g/mol. The van der Waals surface area contributed by atoms with Gasteiger partial charge >= 0.3 is 0 Å². The molecule has 5 nitrogen and oxygen atoms in total. The minimum absolute atomic E-state index is 0.156. The van der Waals surface area contributed by atoms with E-state index in [0.717, 1.165) is 17.7 Å². The van der Waals surface area contributed by atoms with Crippen molar-refractivity contribution in [2.75, 3.05) is 13.7 Å². The number of hydrogen-bond donors (Lipinski definition) is 1. The smallest absolute Gasteiger partial charge is 0.264 e. The molecule has 140 valence electrons. The number of nitrogens with zero attached hydrogens (tertiary/aromatic N) is 1. The van der Waals surface area contributed by atoms with Crippen LogP contribution in [0.1, 0.15) is 24.5 Å². The molecule has 1 aliphatic rings. The summed E-state index contributed by atoms with van der Waals surface area (Å²) < 4.78 is 11.1. The Bertz CT molecular complexity index is 889. The fourth-order valence-corrected chi connectivity index (χ4v) is 3.32. The zero-order valence-electron chi connectivity index (χ0n) is 15.6. The van der Waals surface area contributed by atoms with Crippen LogP contribution in [0.5, 0.6) is 11.5 Å². The molecular formula is C21H22N2O3S. The fraction of sp³-hybridized carbons (Fsp3) is 0.238. The van der Waals surface area contributed by atoms with Gasteiger partial charge in [-0.3, -0.25) is 4.79 Å². The second-order valence-corrected chi connectivity index (χ2v) is 7.11. The number of nitrogens with one attached hydrogen (secondary N) is 1. The Hall–Kier alpha value is -2.73. The van der Waals surface area contributed by atoms with Gasteiger partial charge in [0.05, 0.1) is 24.3 Å². The van der Waals surface area contributed by atoms with E-state index in [1.165, 1.54) is 17.3 Å². The van der Waals surface area contributed by atoms with Crippen molar-refractivity contribution >= 4 is 34.6 Å². The maximum absolute atomic E-state index is 12.3. The summed E-state index contributed by atoms with van der Waals surface area (Å²) in [5.74, 6) is 1.19. The molecule has 0 radical (unpaired) electrons. The summed E-state index contributed by atoms with van der Waals surface area (Å²) in [6, 6.07) is 13.5. The molecule has 0 aromatic heterocycles. The van der Waals surface area contributed by atoms with E-state index in [4.69, 9.17) is 9.47 Å². The molecule has 1 N–H and O–H groups in total. The zero-order valence-corrected chi connectivity index (χ0v) is 16.4. The van der Waals surface area contributed by atoms with Gasteiger partial charge in [0.25, 0.3) is 5.91 Å². The van der Waals surface area contributed by atoms with Gasteiger partial charge in [-0.15, -0.1) is 0 Å². The van der Waals surface area contributed by atoms with Crippen LogP contribution in [0.2, 0.25) is 0 Å². The number of methoxy groups -OCH3 is 1. The molecule has 1 amide bonds. The number of thioether (sulfide) groups is 1. The van der Waals surface area contributed by atoms with Crippen molar-refractivity contribution in [1.29, 1.82) is 0 Å². The van der Waals surface area contributed by atoms with Crippen LogP contribution in [-0.2, 0) is 4.79 Å². The average Bonchev–Trinajstić information content (AvgIpc) is 3.01. The summed E-state index contributed by atoms with van der Waals surface area (Å²) in [6.45, 7) is 4.71. The van der Waals surface area contributed by atoms with Gasteiger partial charge in [-0.25, -0.2) is 4.99 Å². The third kappa shape index (κ3) is 4.92. The highest BCUT2D eigenvalue weighted by Crippen LogP contribution is 2.32. The highest BCUT2D eigenvalue weighted by molar-refractivity contribution is 8.18. The van der Waals surface area contributed by atoms with Crippen LogP contribution in [0.25, 0.3) is 6.08 Å². The fourth-order valence-electron chi connectivity index (χ4n) is 2.47. The quantitative estimate of drug-likeness (QED) is 0.737. The summed E-state index contributed by atoms with van der Waals surface area (Å²) in [6.07, 6.45) is 2.75. The van der Waals surface area contributed by atoms with Crippen molar-refractivity contribution in [3.8, 4) is 11.5 Å². The van der Waals surface area contributed by atoms with E-state index < -0.39 is 0 Å². The van der Waals surface area contributed by atoms with Crippen LogP contribution < -0.4 is 14.8 Å². The van der Waals surface area contributed by atoms with E-state index in [1.807, 2.05) is 55.5 Å². The minimum atomic E-state index is -0.156. The van der Waals surface area contributed by atoms with E-state index in [-0.39, 0.29) is 5.91 Å². The maximum atomic E-state index is 12.3. The first-order valence-corrected chi connectivity index (χ1v) is 9.58. The first kappa shape index (κ1) is 19.0. The Morgan fingerprint density at radius 3 is 2.63 bits per heavy atom. The number of rotatable bonds is 6. The van der Waals surface area contributed by atoms with Crippen LogP contribution in [0.4, 0.5) is 5.69 Å². The number of benzene rings is 2. The largest absolute Gasteiger partial charge is 0.493 e. The molecule has 6 heteroatoms. The van der Waals surface area contributed by atoms with Gasteiger partial charge in [-0.05, 0) is 61.0 Å². The van der Waals surface area contributed by atoms with Gasteiger partial charge in [0.2, 0.25) is 0 Å². The summed E-state index contributed by atoms with van der Waals surface area (Å²) in [4.78, 5) is 17.3. The van der Waals surface area contributed by atoms with Crippen LogP contribution in [0.3, 0.4) is 0 Å². The maximum Gasteiger partial charge on any atom is 0.264 e. The molecule has 27 heavy (non-hydrogen) atoms. The minimum Gasteiger partial charge on any atom is -0.493 e. The Labute approximate surface area is 163 Å². The second-order valence-electron chi connectivity index (χ2n) is 6.08. The third-order valence-corrected chi connectivity index (χ3v) is 4.77. The molecular weight excluding hydrogens is 360 g/mol. The predicted molar refractivity (Wildman–Crippen MR) is 111 cm³/mol. The highest BCUT2D eigenvalue weighted by Gasteiger charge is 2.24. The van der Waals surface area contributed by atoms with Crippen molar-refractivity contribution in [3.05, 3.63) is 58.5 Å². The molecule has 1 saturated heterocycles. The molecule has 1 fully saturated rings. The molecule has 1 aliphatic heterocycles. The first-order chi connectivity index (χ1) is 13.1. The average molecular weight is 382 g/mol. The number of aryl methyl sites for hydroxylation is 1. The summed E-state index contributed by atoms with van der Waals surface area (Å²) in [5.41, 5.74) is 2.84. The number of carbonyl (C=O) groups excluding carboxylic acids is 1. The molecule has 0 atom stereocenters. The van der Waals surface area contributed by atoms with Crippen molar-refractivity contribution in [2.45, 2.75) is 20.3 Å². The molecule has 1 heterocycles. The lowest BCUT2D eigenvalue weighted by Gasteiger charge is -2.10. The molecule has 0 spiro atoms. The van der Waals surface area contributed by atoms with E-state index in [9.17, 15) is 4.79 Å². The molecule has 3 rings (SSSR count). The Morgan fingerprint density at radius 1 is 1.15 bits per heavy atom. The Morgan fingerprint density at radius 2 is 1.93 bits per heavy atom. The molecule has 2 aromatic rings. The van der Waals surface area contributed by atoms with E-state index >= 15 is 0 Å². The van der Waals surface area contributed by atoms with E-state index in [2.05, 4.69) is 17.2 Å². The lowest BCUT2D eigenvalue weighted by molar-refractivity contribution is -0.115. The van der Waals surface area contributed by atoms with Crippen LogP contribution in [-0.4, -0.2) is 24.8 Å². The lowest BCUT2D eigenvalue weighted by atomic mass is 10.2. The van der Waals surface area contributed by atoms with Crippen molar-refractivity contribution in [2.24, 2.45) is 4.99 Å².